The predicted molar refractivity (Wildman–Crippen MR) is 96.0 cm³/mol. The van der Waals surface area contributed by atoms with Crippen molar-refractivity contribution in [3.8, 4) is 0 Å². The molecule has 1 saturated heterocycles. The third kappa shape index (κ3) is 3.70. The van der Waals surface area contributed by atoms with Crippen molar-refractivity contribution in [1.82, 2.24) is 14.8 Å². The van der Waals surface area contributed by atoms with E-state index in [4.69, 9.17) is 0 Å². The fraction of sp³-hybridized carbons (Fsp3) is 0.500. The average molecular weight is 415 g/mol. The third-order valence-electron chi connectivity index (χ3n) is 4.31. The fourth-order valence-corrected chi connectivity index (χ4v) is 4.32. The van der Waals surface area contributed by atoms with Crippen LogP contribution in [0.15, 0.2) is 27.3 Å². The number of likely N-dealkylation sites (N-methyl/N-ethyl adjacent to an activating group) is 1. The molecule has 1 N–H and O–H groups in total. The molecule has 1 aromatic heterocycles. The number of fused-ring (bicyclic) bond motifs is 1. The number of aromatic nitrogens is 1. The molecule has 0 spiro atoms. The second kappa shape index (κ2) is 6.82. The Labute approximate surface area is 142 Å². The molecule has 0 aliphatic carbocycles. The Bertz CT molecular complexity index is 615. The zero-order valence-corrected chi connectivity index (χ0v) is 15.5. The van der Waals surface area contributed by atoms with Gasteiger partial charge in [0.1, 0.15) is 0 Å². The molecule has 2 heterocycles. The smallest absolute Gasteiger partial charge is 0.0601 e. The second-order valence-corrected chi connectivity index (χ2v) is 7.64. The highest BCUT2D eigenvalue weighted by molar-refractivity contribution is 9.11. The van der Waals surface area contributed by atoms with Crippen molar-refractivity contribution in [2.45, 2.75) is 12.8 Å². The Balaban J connectivity index is 1.61. The lowest BCUT2D eigenvalue weighted by atomic mass is 10.1. The number of benzene rings is 1. The van der Waals surface area contributed by atoms with Crippen molar-refractivity contribution in [2.75, 3.05) is 39.8 Å². The van der Waals surface area contributed by atoms with Crippen LogP contribution < -0.4 is 0 Å². The van der Waals surface area contributed by atoms with E-state index in [2.05, 4.69) is 72.0 Å². The maximum atomic E-state index is 3.62. The van der Waals surface area contributed by atoms with E-state index in [0.717, 1.165) is 15.4 Å². The number of halogens is 2. The normalized spacial score (nSPS) is 17.7. The summed E-state index contributed by atoms with van der Waals surface area (Å²) in [5.74, 6) is 0. The Hall–Kier alpha value is -0.360. The molecule has 3 nitrogen and oxygen atoms in total. The Morgan fingerprint density at radius 3 is 2.67 bits per heavy atom. The molecule has 0 atom stereocenters. The monoisotopic (exact) mass is 413 g/mol. The molecule has 0 saturated carbocycles. The number of nitrogens with one attached hydrogen (secondary N) is 1. The largest absolute Gasteiger partial charge is 0.360 e. The molecule has 3 rings (SSSR count). The topological polar surface area (TPSA) is 22.3 Å². The van der Waals surface area contributed by atoms with Crippen LogP contribution in [0.4, 0.5) is 0 Å². The minimum absolute atomic E-state index is 1.12. The van der Waals surface area contributed by atoms with Crippen molar-refractivity contribution in [1.29, 1.82) is 0 Å². The summed E-state index contributed by atoms with van der Waals surface area (Å²) in [6.45, 7) is 6.03. The molecule has 1 fully saturated rings. The minimum Gasteiger partial charge on any atom is -0.360 e. The standard InChI is InChI=1S/C16H21Br2N3/c1-20-5-7-21(8-6-20)4-2-3-12-11-19-16-14(12)9-13(17)10-15(16)18/h9-11,19H,2-8H2,1H3. The molecule has 1 aliphatic rings. The van der Waals surface area contributed by atoms with E-state index < -0.39 is 0 Å². The summed E-state index contributed by atoms with van der Waals surface area (Å²) in [6, 6.07) is 4.30. The van der Waals surface area contributed by atoms with Gasteiger partial charge in [-0.2, -0.15) is 0 Å². The van der Waals surface area contributed by atoms with Crippen molar-refractivity contribution < 1.29 is 0 Å². The summed E-state index contributed by atoms with van der Waals surface area (Å²) >= 11 is 7.20. The van der Waals surface area contributed by atoms with Crippen LogP contribution >= 0.6 is 31.9 Å². The molecule has 5 heteroatoms. The fourth-order valence-electron chi connectivity index (χ4n) is 2.98. The minimum atomic E-state index is 1.12. The van der Waals surface area contributed by atoms with Crippen LogP contribution in [0.2, 0.25) is 0 Å². The van der Waals surface area contributed by atoms with Gasteiger partial charge in [-0.25, -0.2) is 0 Å². The third-order valence-corrected chi connectivity index (χ3v) is 5.39. The van der Waals surface area contributed by atoms with E-state index >= 15 is 0 Å². The van der Waals surface area contributed by atoms with Crippen molar-refractivity contribution >= 4 is 42.8 Å². The number of hydrogen-bond acceptors (Lipinski definition) is 2. The molecule has 21 heavy (non-hydrogen) atoms. The first kappa shape index (κ1) is 15.5. The summed E-state index contributed by atoms with van der Waals surface area (Å²) in [4.78, 5) is 8.38. The number of piperazine rings is 1. The lowest BCUT2D eigenvalue weighted by Gasteiger charge is -2.32. The van der Waals surface area contributed by atoms with Crippen molar-refractivity contribution in [2.24, 2.45) is 0 Å². The Kier molecular flexibility index (Phi) is 5.04. The summed E-state index contributed by atoms with van der Waals surface area (Å²) in [6.07, 6.45) is 4.52. The number of nitrogens with zero attached hydrogens (tertiary/aromatic N) is 2. The van der Waals surface area contributed by atoms with Crippen LogP contribution in [0.1, 0.15) is 12.0 Å². The van der Waals surface area contributed by atoms with Gasteiger partial charge in [0.25, 0.3) is 0 Å². The number of H-pyrrole nitrogens is 1. The van der Waals surface area contributed by atoms with E-state index in [1.807, 2.05) is 0 Å². The van der Waals surface area contributed by atoms with E-state index in [9.17, 15) is 0 Å². The molecule has 0 amide bonds. The first-order valence-electron chi connectivity index (χ1n) is 7.49. The summed E-state index contributed by atoms with van der Waals surface area (Å²) in [5.41, 5.74) is 2.62. The Morgan fingerprint density at radius 1 is 1.14 bits per heavy atom. The molecule has 0 unspecified atom stereocenters. The predicted octanol–water partition coefficient (Wildman–Crippen LogP) is 3.87. The first-order chi connectivity index (χ1) is 10.1. The van der Waals surface area contributed by atoms with Gasteiger partial charge in [-0.05, 0) is 60.1 Å². The molecular formula is C16H21Br2N3. The number of aryl methyl sites for hydroxylation is 1. The molecule has 0 radical (unpaired) electrons. The van der Waals surface area contributed by atoms with Crippen LogP contribution in [0, 0.1) is 0 Å². The van der Waals surface area contributed by atoms with Gasteiger partial charge >= 0.3 is 0 Å². The molecule has 1 aliphatic heterocycles. The quantitative estimate of drug-likeness (QED) is 0.820. The maximum Gasteiger partial charge on any atom is 0.0601 e. The van der Waals surface area contributed by atoms with E-state index in [1.54, 1.807) is 0 Å². The van der Waals surface area contributed by atoms with Gasteiger partial charge in [-0.15, -0.1) is 0 Å². The number of rotatable bonds is 4. The average Bonchev–Trinajstić information content (AvgIpc) is 2.84. The summed E-state index contributed by atoms with van der Waals surface area (Å²) in [5, 5.41) is 1.33. The van der Waals surface area contributed by atoms with Crippen molar-refractivity contribution in [3.63, 3.8) is 0 Å². The Morgan fingerprint density at radius 2 is 1.90 bits per heavy atom. The SMILES string of the molecule is CN1CCN(CCCc2c[nH]c3c(Br)cc(Br)cc23)CC1. The molecular weight excluding hydrogens is 394 g/mol. The van der Waals surface area contributed by atoms with Gasteiger partial charge in [0.15, 0.2) is 0 Å². The molecule has 1 aromatic carbocycles. The van der Waals surface area contributed by atoms with Crippen LogP contribution in [0.5, 0.6) is 0 Å². The molecule has 2 aromatic rings. The highest BCUT2D eigenvalue weighted by atomic mass is 79.9. The van der Waals surface area contributed by atoms with Gasteiger partial charge < -0.3 is 14.8 Å². The van der Waals surface area contributed by atoms with Gasteiger partial charge in [0, 0.05) is 46.7 Å². The van der Waals surface area contributed by atoms with E-state index in [1.165, 1.54) is 55.6 Å². The van der Waals surface area contributed by atoms with E-state index in [-0.39, 0.29) is 0 Å². The van der Waals surface area contributed by atoms with Gasteiger partial charge in [0.2, 0.25) is 0 Å². The molecule has 114 valence electrons. The van der Waals surface area contributed by atoms with Crippen LogP contribution in [-0.4, -0.2) is 54.6 Å². The lowest BCUT2D eigenvalue weighted by Crippen LogP contribution is -2.44. The van der Waals surface area contributed by atoms with Gasteiger partial charge in [0.05, 0.1) is 5.52 Å². The second-order valence-electron chi connectivity index (χ2n) is 5.87. The zero-order chi connectivity index (χ0) is 14.8. The number of aromatic amines is 1. The van der Waals surface area contributed by atoms with E-state index in [0.29, 0.717) is 0 Å². The van der Waals surface area contributed by atoms with Crippen molar-refractivity contribution in [3.05, 3.63) is 32.8 Å². The van der Waals surface area contributed by atoms with Gasteiger partial charge in [-0.1, -0.05) is 15.9 Å². The first-order valence-corrected chi connectivity index (χ1v) is 9.08. The lowest BCUT2D eigenvalue weighted by molar-refractivity contribution is 0.153. The summed E-state index contributed by atoms with van der Waals surface area (Å²) < 4.78 is 2.25. The van der Waals surface area contributed by atoms with Crippen LogP contribution in [0.3, 0.4) is 0 Å². The number of hydrogen-bond donors (Lipinski definition) is 1. The zero-order valence-electron chi connectivity index (χ0n) is 12.3. The van der Waals surface area contributed by atoms with Gasteiger partial charge in [-0.3, -0.25) is 0 Å². The molecule has 0 bridgehead atoms. The highest BCUT2D eigenvalue weighted by Gasteiger charge is 2.13. The maximum absolute atomic E-state index is 3.62. The van der Waals surface area contributed by atoms with Crippen LogP contribution in [-0.2, 0) is 6.42 Å². The highest BCUT2D eigenvalue weighted by Crippen LogP contribution is 2.30. The summed E-state index contributed by atoms with van der Waals surface area (Å²) in [7, 11) is 2.21. The van der Waals surface area contributed by atoms with Crippen LogP contribution in [0.25, 0.3) is 10.9 Å².